The van der Waals surface area contributed by atoms with Crippen LogP contribution < -0.4 is 21.1 Å². The summed E-state index contributed by atoms with van der Waals surface area (Å²) >= 11 is 0. The predicted octanol–water partition coefficient (Wildman–Crippen LogP) is 1.99. The average Bonchev–Trinajstić information content (AvgIpc) is 2.63. The van der Waals surface area contributed by atoms with Crippen LogP contribution in [0.1, 0.15) is 55.8 Å². The van der Waals surface area contributed by atoms with E-state index in [0.717, 1.165) is 37.8 Å². The van der Waals surface area contributed by atoms with Gasteiger partial charge in [-0.25, -0.2) is 0 Å². The SMILES string of the molecule is CC(=O)NC12CC3CC(C1)CC(C(=O)NNC(=O)c1cccc(N(C)C)c1)(C3)C2. The number of hydrogen-bond acceptors (Lipinski definition) is 4. The number of benzene rings is 1. The molecule has 3 amide bonds. The third kappa shape index (κ3) is 3.70. The molecule has 1 aromatic carbocycles. The maximum absolute atomic E-state index is 13.2. The summed E-state index contributed by atoms with van der Waals surface area (Å²) in [6, 6.07) is 7.26. The highest BCUT2D eigenvalue weighted by molar-refractivity contribution is 5.96. The number of nitrogens with zero attached hydrogens (tertiary/aromatic N) is 1. The largest absolute Gasteiger partial charge is 0.378 e. The number of hydrogen-bond donors (Lipinski definition) is 3. The first-order chi connectivity index (χ1) is 13.7. The minimum Gasteiger partial charge on any atom is -0.378 e. The molecule has 1 aromatic rings. The van der Waals surface area contributed by atoms with Crippen molar-refractivity contribution in [2.75, 3.05) is 19.0 Å². The molecule has 0 saturated heterocycles. The van der Waals surface area contributed by atoms with Crippen molar-refractivity contribution in [2.45, 2.75) is 51.0 Å². The van der Waals surface area contributed by atoms with Gasteiger partial charge in [-0.3, -0.25) is 25.2 Å². The third-order valence-electron chi connectivity index (χ3n) is 6.90. The Hall–Kier alpha value is -2.57. The van der Waals surface area contributed by atoms with Gasteiger partial charge >= 0.3 is 0 Å². The van der Waals surface area contributed by atoms with E-state index in [1.54, 1.807) is 19.1 Å². The Labute approximate surface area is 171 Å². The average molecular weight is 399 g/mol. The van der Waals surface area contributed by atoms with Crippen molar-refractivity contribution in [3.63, 3.8) is 0 Å². The summed E-state index contributed by atoms with van der Waals surface area (Å²) in [5.41, 5.74) is 5.93. The molecule has 2 atom stereocenters. The van der Waals surface area contributed by atoms with Crippen LogP contribution in [0, 0.1) is 17.3 Å². The van der Waals surface area contributed by atoms with Crippen LogP contribution in [0.15, 0.2) is 24.3 Å². The van der Waals surface area contributed by atoms with Crippen LogP contribution in [0.3, 0.4) is 0 Å². The molecule has 0 aliphatic heterocycles. The van der Waals surface area contributed by atoms with Gasteiger partial charge in [0.05, 0.1) is 5.41 Å². The van der Waals surface area contributed by atoms with Gasteiger partial charge in [-0.2, -0.15) is 0 Å². The van der Waals surface area contributed by atoms with Crippen molar-refractivity contribution in [1.29, 1.82) is 0 Å². The number of amides is 3. The Morgan fingerprint density at radius 1 is 1.03 bits per heavy atom. The lowest BCUT2D eigenvalue weighted by atomic mass is 9.46. The van der Waals surface area contributed by atoms with Crippen molar-refractivity contribution < 1.29 is 14.4 Å². The zero-order valence-corrected chi connectivity index (χ0v) is 17.4. The fourth-order valence-electron chi connectivity index (χ4n) is 6.29. The summed E-state index contributed by atoms with van der Waals surface area (Å²) in [5.74, 6) is 0.432. The fourth-order valence-corrected chi connectivity index (χ4v) is 6.29. The molecule has 7 heteroatoms. The molecule has 0 aromatic heterocycles. The zero-order chi connectivity index (χ0) is 20.8. The van der Waals surface area contributed by atoms with E-state index in [4.69, 9.17) is 0 Å². The first-order valence-electron chi connectivity index (χ1n) is 10.4. The van der Waals surface area contributed by atoms with E-state index in [2.05, 4.69) is 16.2 Å². The van der Waals surface area contributed by atoms with Crippen LogP contribution in [0.4, 0.5) is 5.69 Å². The molecule has 5 rings (SSSR count). The molecule has 4 aliphatic carbocycles. The van der Waals surface area contributed by atoms with Crippen LogP contribution >= 0.6 is 0 Å². The van der Waals surface area contributed by atoms with Crippen LogP contribution in [-0.2, 0) is 9.59 Å². The number of nitrogens with one attached hydrogen (secondary N) is 3. The van der Waals surface area contributed by atoms with Gasteiger partial charge in [-0.05, 0) is 68.6 Å². The van der Waals surface area contributed by atoms with Crippen LogP contribution in [0.2, 0.25) is 0 Å². The molecule has 156 valence electrons. The molecule has 4 fully saturated rings. The van der Waals surface area contributed by atoms with E-state index in [-0.39, 0.29) is 23.3 Å². The lowest BCUT2D eigenvalue weighted by Gasteiger charge is -2.61. The van der Waals surface area contributed by atoms with Crippen LogP contribution in [-0.4, -0.2) is 37.4 Å². The Morgan fingerprint density at radius 3 is 2.34 bits per heavy atom. The summed E-state index contributed by atoms with van der Waals surface area (Å²) in [7, 11) is 3.83. The standard InChI is InChI=1S/C22H30N4O3/c1-14(27)23-22-11-15-7-16(12-22)10-21(9-15,13-22)20(29)25-24-19(28)17-5-4-6-18(8-17)26(2)3/h4-6,8,15-16H,7,9-13H2,1-3H3,(H,23,27)(H,24,28)(H,25,29). The van der Waals surface area contributed by atoms with Gasteiger partial charge in [0.2, 0.25) is 11.8 Å². The second kappa shape index (κ2) is 7.04. The minimum absolute atomic E-state index is 0.0309. The van der Waals surface area contributed by atoms with Gasteiger partial charge in [0.1, 0.15) is 0 Å². The minimum atomic E-state index is -0.509. The smallest absolute Gasteiger partial charge is 0.269 e. The molecule has 7 nitrogen and oxygen atoms in total. The molecular formula is C22H30N4O3. The highest BCUT2D eigenvalue weighted by atomic mass is 16.2. The monoisotopic (exact) mass is 398 g/mol. The Kier molecular flexibility index (Phi) is 4.79. The van der Waals surface area contributed by atoms with E-state index < -0.39 is 5.41 Å². The maximum Gasteiger partial charge on any atom is 0.269 e. The second-order valence-corrected chi connectivity index (χ2v) is 9.56. The van der Waals surface area contributed by atoms with E-state index >= 15 is 0 Å². The number of hydrazine groups is 1. The lowest BCUT2D eigenvalue weighted by Crippen LogP contribution is -2.66. The van der Waals surface area contributed by atoms with Crippen LogP contribution in [0.5, 0.6) is 0 Å². The molecular weight excluding hydrogens is 368 g/mol. The van der Waals surface area contributed by atoms with Crippen molar-refractivity contribution >= 4 is 23.4 Å². The molecule has 2 unspecified atom stereocenters. The molecule has 4 saturated carbocycles. The molecule has 4 bridgehead atoms. The van der Waals surface area contributed by atoms with E-state index in [1.165, 1.54) is 0 Å². The number of anilines is 1. The van der Waals surface area contributed by atoms with E-state index in [1.807, 2.05) is 31.1 Å². The fraction of sp³-hybridized carbons (Fsp3) is 0.591. The second-order valence-electron chi connectivity index (χ2n) is 9.56. The summed E-state index contributed by atoms with van der Waals surface area (Å²) in [6.45, 7) is 1.55. The number of rotatable bonds is 4. The normalized spacial score (nSPS) is 31.8. The van der Waals surface area contributed by atoms with Gasteiger partial charge in [-0.15, -0.1) is 0 Å². The van der Waals surface area contributed by atoms with E-state index in [0.29, 0.717) is 23.8 Å². The third-order valence-corrected chi connectivity index (χ3v) is 6.90. The molecule has 0 heterocycles. The predicted molar refractivity (Wildman–Crippen MR) is 110 cm³/mol. The molecule has 4 aliphatic rings. The Balaban J connectivity index is 1.45. The van der Waals surface area contributed by atoms with Gasteiger partial charge < -0.3 is 10.2 Å². The summed E-state index contributed by atoms with van der Waals surface area (Å²) < 4.78 is 0. The topological polar surface area (TPSA) is 90.5 Å². The first-order valence-corrected chi connectivity index (χ1v) is 10.4. The quantitative estimate of drug-likeness (QED) is 0.677. The Morgan fingerprint density at radius 2 is 1.72 bits per heavy atom. The van der Waals surface area contributed by atoms with Crippen molar-refractivity contribution in [1.82, 2.24) is 16.2 Å². The maximum atomic E-state index is 13.2. The summed E-state index contributed by atoms with van der Waals surface area (Å²) in [4.78, 5) is 39.4. The van der Waals surface area contributed by atoms with Gasteiger partial charge in [0, 0.05) is 37.8 Å². The zero-order valence-electron chi connectivity index (χ0n) is 17.4. The highest BCUT2D eigenvalue weighted by Gasteiger charge is 2.60. The lowest BCUT2D eigenvalue weighted by molar-refractivity contribution is -0.153. The summed E-state index contributed by atoms with van der Waals surface area (Å²) in [5, 5.41) is 3.16. The molecule has 29 heavy (non-hydrogen) atoms. The molecule has 0 spiro atoms. The van der Waals surface area contributed by atoms with Crippen LogP contribution in [0.25, 0.3) is 0 Å². The van der Waals surface area contributed by atoms with Crippen molar-refractivity contribution in [3.8, 4) is 0 Å². The van der Waals surface area contributed by atoms with Gasteiger partial charge in [0.15, 0.2) is 0 Å². The first kappa shape index (κ1) is 19.7. The number of carbonyl (C=O) groups excluding carboxylic acids is 3. The van der Waals surface area contributed by atoms with E-state index in [9.17, 15) is 14.4 Å². The molecule has 0 radical (unpaired) electrons. The van der Waals surface area contributed by atoms with Gasteiger partial charge in [0.25, 0.3) is 5.91 Å². The molecule has 3 N–H and O–H groups in total. The van der Waals surface area contributed by atoms with Crippen molar-refractivity contribution in [3.05, 3.63) is 29.8 Å². The van der Waals surface area contributed by atoms with Gasteiger partial charge in [-0.1, -0.05) is 6.07 Å². The Bertz CT molecular complexity index is 836. The number of carbonyl (C=O) groups is 3. The van der Waals surface area contributed by atoms with Crippen molar-refractivity contribution in [2.24, 2.45) is 17.3 Å². The summed E-state index contributed by atoms with van der Waals surface area (Å²) in [6.07, 6.45) is 5.39. The highest BCUT2D eigenvalue weighted by Crippen LogP contribution is 2.61.